The molecule has 0 atom stereocenters. The number of nitrogens with zero attached hydrogens (tertiary/aromatic N) is 3. The Hall–Kier alpha value is -0.600. The van der Waals surface area contributed by atoms with Gasteiger partial charge >= 0.3 is 0 Å². The van der Waals surface area contributed by atoms with Crippen molar-refractivity contribution >= 4 is 59.0 Å². The second-order valence-corrected chi connectivity index (χ2v) is 6.64. The summed E-state index contributed by atoms with van der Waals surface area (Å²) in [7, 11) is 0. The number of anilines is 1. The Morgan fingerprint density at radius 2 is 1.91 bits per heavy atom. The monoisotopic (exact) mass is 466 g/mol. The summed E-state index contributed by atoms with van der Waals surface area (Å²) in [5, 5.41) is 0.771. The van der Waals surface area contributed by atoms with Crippen molar-refractivity contribution in [2.75, 3.05) is 49.1 Å². The zero-order valence-corrected chi connectivity index (χ0v) is 17.1. The number of aliphatic imine (C=N–C) groups is 1. The number of hydrogen-bond donors (Lipinski definition) is 1. The molecule has 0 radical (unpaired) electrons. The van der Waals surface area contributed by atoms with Crippen LogP contribution in [-0.4, -0.2) is 55.1 Å². The van der Waals surface area contributed by atoms with Crippen LogP contribution in [0.3, 0.4) is 0 Å². The second kappa shape index (κ2) is 11.0. The van der Waals surface area contributed by atoms with Crippen LogP contribution in [0.5, 0.6) is 0 Å². The molecular weight excluding hydrogens is 443 g/mol. The highest BCUT2D eigenvalue weighted by atomic mass is 127. The van der Waals surface area contributed by atoms with E-state index in [2.05, 4.69) is 33.5 Å². The Morgan fingerprint density at radius 1 is 1.26 bits per heavy atom. The number of piperazine rings is 1. The maximum atomic E-state index is 6.08. The quantitative estimate of drug-likeness (QED) is 0.230. The van der Waals surface area contributed by atoms with Gasteiger partial charge in [-0.25, -0.2) is 0 Å². The number of thioether (sulfide) groups is 1. The van der Waals surface area contributed by atoms with Crippen LogP contribution in [-0.2, 0) is 0 Å². The number of guanidine groups is 1. The first-order valence-electron chi connectivity index (χ1n) is 7.44. The molecule has 23 heavy (non-hydrogen) atoms. The highest BCUT2D eigenvalue weighted by molar-refractivity contribution is 14.0. The number of nitrogens with two attached hydrogens (primary N) is 1. The predicted molar refractivity (Wildman–Crippen MR) is 115 cm³/mol. The van der Waals surface area contributed by atoms with Crippen molar-refractivity contribution in [3.8, 4) is 0 Å². The standard InChI is InChI=1S/C16H23ClN4S.HI/c1-2-12-22-13-7-19-16(18)21-10-8-20(9-11-21)15-5-3-14(17)4-6-15;/h2-6H,1,7-13H2,(H2,18,19);1H. The Labute approximate surface area is 165 Å². The van der Waals surface area contributed by atoms with Gasteiger partial charge in [0.15, 0.2) is 5.96 Å². The van der Waals surface area contributed by atoms with E-state index in [1.54, 1.807) is 0 Å². The Morgan fingerprint density at radius 3 is 2.52 bits per heavy atom. The maximum absolute atomic E-state index is 6.08. The fourth-order valence-electron chi connectivity index (χ4n) is 2.34. The fraction of sp³-hybridized carbons (Fsp3) is 0.438. The lowest BCUT2D eigenvalue weighted by Gasteiger charge is -2.36. The molecule has 1 fully saturated rings. The van der Waals surface area contributed by atoms with Crippen LogP contribution in [0.1, 0.15) is 0 Å². The molecule has 0 spiro atoms. The molecule has 0 aromatic heterocycles. The molecule has 0 unspecified atom stereocenters. The normalized spacial score (nSPS) is 15.3. The molecular formula is C16H24ClIN4S. The van der Waals surface area contributed by atoms with Gasteiger partial charge in [0.1, 0.15) is 0 Å². The van der Waals surface area contributed by atoms with E-state index in [0.29, 0.717) is 5.96 Å². The van der Waals surface area contributed by atoms with Crippen molar-refractivity contribution in [1.29, 1.82) is 0 Å². The molecule has 7 heteroatoms. The zero-order chi connectivity index (χ0) is 15.8. The van der Waals surface area contributed by atoms with E-state index in [0.717, 1.165) is 49.3 Å². The lowest BCUT2D eigenvalue weighted by molar-refractivity contribution is 0.381. The molecule has 1 aliphatic heterocycles. The largest absolute Gasteiger partial charge is 0.370 e. The SMILES string of the molecule is C=CCSCCN=C(N)N1CCN(c2ccc(Cl)cc2)CC1.I. The minimum Gasteiger partial charge on any atom is -0.370 e. The molecule has 0 saturated carbocycles. The molecule has 2 N–H and O–H groups in total. The Balaban J connectivity index is 0.00000264. The molecule has 1 aliphatic rings. The average molecular weight is 467 g/mol. The van der Waals surface area contributed by atoms with E-state index in [-0.39, 0.29) is 24.0 Å². The van der Waals surface area contributed by atoms with Crippen molar-refractivity contribution in [2.24, 2.45) is 10.7 Å². The van der Waals surface area contributed by atoms with E-state index in [1.807, 2.05) is 30.0 Å². The summed E-state index contributed by atoms with van der Waals surface area (Å²) < 4.78 is 0. The van der Waals surface area contributed by atoms with Gasteiger partial charge in [0, 0.05) is 48.4 Å². The molecule has 1 aromatic carbocycles. The smallest absolute Gasteiger partial charge is 0.191 e. The summed E-state index contributed by atoms with van der Waals surface area (Å²) in [6.45, 7) is 8.16. The Bertz CT molecular complexity index is 501. The van der Waals surface area contributed by atoms with Crippen LogP contribution in [0.2, 0.25) is 5.02 Å². The third kappa shape index (κ3) is 6.81. The van der Waals surface area contributed by atoms with Crippen LogP contribution in [0.25, 0.3) is 0 Å². The highest BCUT2D eigenvalue weighted by Gasteiger charge is 2.18. The number of halogens is 2. The summed E-state index contributed by atoms with van der Waals surface area (Å²) in [4.78, 5) is 8.96. The first-order chi connectivity index (χ1) is 10.7. The van der Waals surface area contributed by atoms with Crippen molar-refractivity contribution in [2.45, 2.75) is 0 Å². The number of benzene rings is 1. The first kappa shape index (κ1) is 20.4. The lowest BCUT2D eigenvalue weighted by Crippen LogP contribution is -2.51. The van der Waals surface area contributed by atoms with E-state index in [9.17, 15) is 0 Å². The zero-order valence-electron chi connectivity index (χ0n) is 13.2. The molecule has 2 rings (SSSR count). The van der Waals surface area contributed by atoms with E-state index in [4.69, 9.17) is 17.3 Å². The van der Waals surface area contributed by atoms with Crippen molar-refractivity contribution in [1.82, 2.24) is 4.90 Å². The minimum absolute atomic E-state index is 0. The summed E-state index contributed by atoms with van der Waals surface area (Å²) in [5.41, 5.74) is 7.29. The van der Waals surface area contributed by atoms with Gasteiger partial charge in [-0.15, -0.1) is 30.6 Å². The third-order valence-electron chi connectivity index (χ3n) is 3.54. The summed E-state index contributed by atoms with van der Waals surface area (Å²) in [6.07, 6.45) is 1.91. The van der Waals surface area contributed by atoms with Crippen LogP contribution >= 0.6 is 47.3 Å². The molecule has 0 amide bonds. The third-order valence-corrected chi connectivity index (χ3v) is 4.74. The van der Waals surface area contributed by atoms with E-state index < -0.39 is 0 Å². The van der Waals surface area contributed by atoms with Crippen LogP contribution in [0.15, 0.2) is 41.9 Å². The van der Waals surface area contributed by atoms with Crippen LogP contribution in [0, 0.1) is 0 Å². The van der Waals surface area contributed by atoms with Crippen molar-refractivity contribution < 1.29 is 0 Å². The first-order valence-corrected chi connectivity index (χ1v) is 8.98. The highest BCUT2D eigenvalue weighted by Crippen LogP contribution is 2.19. The summed E-state index contributed by atoms with van der Waals surface area (Å²) in [5.74, 6) is 2.61. The van der Waals surface area contributed by atoms with Crippen molar-refractivity contribution in [3.05, 3.63) is 41.9 Å². The van der Waals surface area contributed by atoms with Crippen LogP contribution < -0.4 is 10.6 Å². The van der Waals surface area contributed by atoms with Crippen LogP contribution in [0.4, 0.5) is 5.69 Å². The molecule has 1 saturated heterocycles. The molecule has 1 aromatic rings. The van der Waals surface area contributed by atoms with E-state index in [1.165, 1.54) is 5.69 Å². The number of hydrogen-bond acceptors (Lipinski definition) is 3. The van der Waals surface area contributed by atoms with Gasteiger partial charge in [0.2, 0.25) is 0 Å². The fourth-order valence-corrected chi connectivity index (χ4v) is 3.02. The van der Waals surface area contributed by atoms with Gasteiger partial charge < -0.3 is 15.5 Å². The van der Waals surface area contributed by atoms with Gasteiger partial charge in [-0.3, -0.25) is 4.99 Å². The lowest BCUT2D eigenvalue weighted by atomic mass is 10.2. The summed E-state index contributed by atoms with van der Waals surface area (Å²) >= 11 is 7.75. The predicted octanol–water partition coefficient (Wildman–Crippen LogP) is 3.31. The number of rotatable bonds is 6. The molecule has 0 bridgehead atoms. The van der Waals surface area contributed by atoms with Gasteiger partial charge in [0.05, 0.1) is 6.54 Å². The van der Waals surface area contributed by atoms with Gasteiger partial charge in [-0.05, 0) is 24.3 Å². The maximum Gasteiger partial charge on any atom is 0.191 e. The summed E-state index contributed by atoms with van der Waals surface area (Å²) in [6, 6.07) is 7.98. The van der Waals surface area contributed by atoms with Gasteiger partial charge in [-0.2, -0.15) is 11.8 Å². The molecule has 4 nitrogen and oxygen atoms in total. The molecule has 1 heterocycles. The van der Waals surface area contributed by atoms with Gasteiger partial charge in [0.25, 0.3) is 0 Å². The van der Waals surface area contributed by atoms with E-state index >= 15 is 0 Å². The van der Waals surface area contributed by atoms with Gasteiger partial charge in [-0.1, -0.05) is 17.7 Å². The molecule has 0 aliphatic carbocycles. The average Bonchev–Trinajstić information content (AvgIpc) is 2.55. The second-order valence-electron chi connectivity index (χ2n) is 5.05. The minimum atomic E-state index is 0. The molecule has 128 valence electrons. The van der Waals surface area contributed by atoms with Crippen molar-refractivity contribution in [3.63, 3.8) is 0 Å². The topological polar surface area (TPSA) is 44.9 Å². The Kier molecular flexibility index (Phi) is 9.81.